The molecule has 0 radical (unpaired) electrons. The quantitative estimate of drug-likeness (QED) is 0.599. The Kier molecular flexibility index (Phi) is 3.35. The fourth-order valence-electron chi connectivity index (χ4n) is 1.05. The highest BCUT2D eigenvalue weighted by Gasteiger charge is 2.08. The molecule has 0 aromatic heterocycles. The Labute approximate surface area is 85.8 Å². The van der Waals surface area contributed by atoms with Gasteiger partial charge in [-0.2, -0.15) is 0 Å². The van der Waals surface area contributed by atoms with Crippen LogP contribution in [0.4, 0.5) is 11.4 Å². The lowest BCUT2D eigenvalue weighted by Crippen LogP contribution is -2.24. The van der Waals surface area contributed by atoms with Gasteiger partial charge < -0.3 is 0 Å². The summed E-state index contributed by atoms with van der Waals surface area (Å²) in [5.74, 6) is -0.198. The maximum absolute atomic E-state index is 10.7. The molecule has 1 N–H and O–H groups in total. The third kappa shape index (κ3) is 3.03. The van der Waals surface area contributed by atoms with Gasteiger partial charge in [0.25, 0.3) is 5.69 Å². The number of Topliss-reactive ketones (excluding diaryl/α,β-unsaturated/α-hetero) is 1. The Morgan fingerprint density at radius 2 is 2.00 bits per heavy atom. The third-order valence-corrected chi connectivity index (χ3v) is 1.73. The molecule has 0 saturated carbocycles. The number of benzene rings is 1. The highest BCUT2D eigenvalue weighted by Crippen LogP contribution is 2.17. The van der Waals surface area contributed by atoms with E-state index in [1.807, 2.05) is 0 Å². The van der Waals surface area contributed by atoms with Gasteiger partial charge in [-0.15, -0.1) is 0 Å². The van der Waals surface area contributed by atoms with Crippen molar-refractivity contribution < 1.29 is 14.9 Å². The normalized spacial score (nSPS) is 9.73. The first kappa shape index (κ1) is 11.1. The highest BCUT2D eigenvalue weighted by atomic mass is 16.6. The number of carbonyl (C=O) groups is 1. The lowest BCUT2D eigenvalue weighted by atomic mass is 10.2. The molecule has 15 heavy (non-hydrogen) atoms. The van der Waals surface area contributed by atoms with Gasteiger partial charge in [-0.1, -0.05) is 0 Å². The van der Waals surface area contributed by atoms with Crippen molar-refractivity contribution in [3.63, 3.8) is 0 Å². The molecule has 0 heterocycles. The molecule has 0 fully saturated rings. The van der Waals surface area contributed by atoms with Crippen LogP contribution in [0.5, 0.6) is 0 Å². The van der Waals surface area contributed by atoms with Crippen LogP contribution in [0.3, 0.4) is 0 Å². The summed E-state index contributed by atoms with van der Waals surface area (Å²) in [6.45, 7) is 1.20. The summed E-state index contributed by atoms with van der Waals surface area (Å²) in [5, 5.41) is 20.4. The van der Waals surface area contributed by atoms with Gasteiger partial charge in [0, 0.05) is 12.1 Å². The zero-order chi connectivity index (χ0) is 11.4. The minimum absolute atomic E-state index is 0.0602. The van der Waals surface area contributed by atoms with Crippen molar-refractivity contribution >= 4 is 17.2 Å². The number of carbonyl (C=O) groups excluding carboxylic acids is 1. The molecule has 80 valence electrons. The molecular formula is C9H10N2O4. The molecule has 0 spiro atoms. The second-order valence-electron chi connectivity index (χ2n) is 3.03. The largest absolute Gasteiger partial charge is 0.298 e. The van der Waals surface area contributed by atoms with Gasteiger partial charge in [-0.3, -0.25) is 20.1 Å². The van der Waals surface area contributed by atoms with E-state index in [1.165, 1.54) is 31.2 Å². The number of non-ortho nitro benzene ring substituents is 1. The van der Waals surface area contributed by atoms with Gasteiger partial charge in [-0.25, -0.2) is 5.06 Å². The van der Waals surface area contributed by atoms with Crippen LogP contribution in [0.25, 0.3) is 0 Å². The van der Waals surface area contributed by atoms with Gasteiger partial charge in [0.2, 0.25) is 0 Å². The maximum atomic E-state index is 10.7. The molecule has 1 rings (SSSR count). The fourth-order valence-corrected chi connectivity index (χ4v) is 1.05. The molecule has 6 heteroatoms. The lowest BCUT2D eigenvalue weighted by molar-refractivity contribution is -0.384. The second kappa shape index (κ2) is 4.52. The average Bonchev–Trinajstić information content (AvgIpc) is 2.17. The number of anilines is 1. The molecule has 0 amide bonds. The number of hydrogen-bond donors (Lipinski definition) is 1. The van der Waals surface area contributed by atoms with Crippen molar-refractivity contribution in [3.8, 4) is 0 Å². The summed E-state index contributed by atoms with van der Waals surface area (Å²) in [4.78, 5) is 20.5. The van der Waals surface area contributed by atoms with Gasteiger partial charge in [0.05, 0.1) is 10.6 Å². The first-order valence-corrected chi connectivity index (χ1v) is 4.21. The second-order valence-corrected chi connectivity index (χ2v) is 3.03. The molecule has 1 aromatic rings. The van der Waals surface area contributed by atoms with E-state index in [2.05, 4.69) is 0 Å². The third-order valence-electron chi connectivity index (χ3n) is 1.73. The number of nitro groups is 1. The standard InChI is InChI=1S/C9H10N2O4/c1-7(12)6-10(13)8-2-4-9(5-3-8)11(14)15/h2-5,13H,6H2,1H3. The van der Waals surface area contributed by atoms with Gasteiger partial charge >= 0.3 is 0 Å². The van der Waals surface area contributed by atoms with Crippen molar-refractivity contribution in [3.05, 3.63) is 34.4 Å². The lowest BCUT2D eigenvalue weighted by Gasteiger charge is -2.14. The zero-order valence-corrected chi connectivity index (χ0v) is 8.08. The van der Waals surface area contributed by atoms with E-state index in [0.29, 0.717) is 5.69 Å². The summed E-state index contributed by atoms with van der Waals surface area (Å²) in [6, 6.07) is 5.28. The van der Waals surface area contributed by atoms with Gasteiger partial charge in [0.1, 0.15) is 6.54 Å². The molecule has 0 aliphatic heterocycles. The van der Waals surface area contributed by atoms with Gasteiger partial charge in [-0.05, 0) is 19.1 Å². The SMILES string of the molecule is CC(=O)CN(O)c1ccc([N+](=O)[O-])cc1. The summed E-state index contributed by atoms with van der Waals surface area (Å²) >= 11 is 0. The molecule has 0 aliphatic carbocycles. The van der Waals surface area contributed by atoms with E-state index in [0.717, 1.165) is 5.06 Å². The summed E-state index contributed by atoms with van der Waals surface area (Å²) in [6.07, 6.45) is 0. The minimum Gasteiger partial charge on any atom is -0.298 e. The molecule has 0 bridgehead atoms. The predicted molar refractivity (Wildman–Crippen MR) is 52.9 cm³/mol. The first-order valence-electron chi connectivity index (χ1n) is 4.21. The van der Waals surface area contributed by atoms with Crippen molar-refractivity contribution in [2.75, 3.05) is 11.6 Å². The monoisotopic (exact) mass is 210 g/mol. The highest BCUT2D eigenvalue weighted by molar-refractivity contribution is 5.80. The van der Waals surface area contributed by atoms with Crippen molar-refractivity contribution in [1.29, 1.82) is 0 Å². The van der Waals surface area contributed by atoms with Crippen LogP contribution in [0, 0.1) is 10.1 Å². The molecule has 0 atom stereocenters. The number of nitrogens with zero attached hydrogens (tertiary/aromatic N) is 2. The van der Waals surface area contributed by atoms with Crippen molar-refractivity contribution in [2.24, 2.45) is 0 Å². The smallest absolute Gasteiger partial charge is 0.269 e. The summed E-state index contributed by atoms with van der Waals surface area (Å²) < 4.78 is 0. The van der Waals surface area contributed by atoms with Crippen LogP contribution in [-0.2, 0) is 4.79 Å². The Morgan fingerprint density at radius 3 is 2.40 bits per heavy atom. The zero-order valence-electron chi connectivity index (χ0n) is 8.08. The number of rotatable bonds is 4. The average molecular weight is 210 g/mol. The summed E-state index contributed by atoms with van der Waals surface area (Å²) in [7, 11) is 0. The van der Waals surface area contributed by atoms with E-state index >= 15 is 0 Å². The van der Waals surface area contributed by atoms with Crippen LogP contribution in [0.15, 0.2) is 24.3 Å². The van der Waals surface area contributed by atoms with E-state index in [4.69, 9.17) is 0 Å². The number of hydrogen-bond acceptors (Lipinski definition) is 5. The van der Waals surface area contributed by atoms with Crippen LogP contribution in [-0.4, -0.2) is 22.5 Å². The number of nitro benzene ring substituents is 1. The van der Waals surface area contributed by atoms with E-state index < -0.39 is 4.92 Å². The van der Waals surface area contributed by atoms with Crippen LogP contribution < -0.4 is 5.06 Å². The molecule has 1 aromatic carbocycles. The van der Waals surface area contributed by atoms with Crippen LogP contribution in [0.2, 0.25) is 0 Å². The minimum atomic E-state index is -0.531. The molecule has 6 nitrogen and oxygen atoms in total. The van der Waals surface area contributed by atoms with E-state index in [1.54, 1.807) is 0 Å². The van der Waals surface area contributed by atoms with Crippen molar-refractivity contribution in [1.82, 2.24) is 0 Å². The first-order chi connectivity index (χ1) is 7.00. The van der Waals surface area contributed by atoms with Gasteiger partial charge in [0.15, 0.2) is 5.78 Å². The topological polar surface area (TPSA) is 83.7 Å². The maximum Gasteiger partial charge on any atom is 0.269 e. The molecule has 0 unspecified atom stereocenters. The Balaban J connectivity index is 2.79. The molecule has 0 saturated heterocycles. The Hall–Kier alpha value is -1.95. The van der Waals surface area contributed by atoms with Crippen LogP contribution in [0.1, 0.15) is 6.92 Å². The number of ketones is 1. The molecule has 0 aliphatic rings. The molecular weight excluding hydrogens is 200 g/mol. The number of hydroxylamine groups is 1. The predicted octanol–water partition coefficient (Wildman–Crippen LogP) is 1.38. The Bertz CT molecular complexity index is 374. The summed E-state index contributed by atoms with van der Waals surface area (Å²) in [5.41, 5.74) is 0.283. The fraction of sp³-hybridized carbons (Fsp3) is 0.222. The van der Waals surface area contributed by atoms with Crippen molar-refractivity contribution in [2.45, 2.75) is 6.92 Å². The van der Waals surface area contributed by atoms with E-state index in [-0.39, 0.29) is 18.0 Å². The van der Waals surface area contributed by atoms with Crippen LogP contribution >= 0.6 is 0 Å². The van der Waals surface area contributed by atoms with E-state index in [9.17, 15) is 20.1 Å². The Morgan fingerprint density at radius 1 is 1.47 bits per heavy atom.